The number of amides is 1. The molecule has 0 saturated carbocycles. The van der Waals surface area contributed by atoms with Gasteiger partial charge in [0.1, 0.15) is 6.33 Å². The van der Waals surface area contributed by atoms with Crippen LogP contribution in [0.3, 0.4) is 0 Å². The van der Waals surface area contributed by atoms with Crippen LogP contribution in [0.2, 0.25) is 0 Å². The fourth-order valence-electron chi connectivity index (χ4n) is 1.58. The molecule has 1 aromatic carbocycles. The summed E-state index contributed by atoms with van der Waals surface area (Å²) in [5, 5.41) is 10.3. The van der Waals surface area contributed by atoms with Gasteiger partial charge >= 0.3 is 0 Å². The molecule has 0 aliphatic rings. The van der Waals surface area contributed by atoms with Crippen LogP contribution in [0.25, 0.3) is 0 Å². The van der Waals surface area contributed by atoms with Crippen molar-refractivity contribution in [2.45, 2.75) is 37.2 Å². The number of nitrogens with one attached hydrogen (secondary N) is 2. The van der Waals surface area contributed by atoms with E-state index in [1.54, 1.807) is 11.8 Å². The van der Waals surface area contributed by atoms with Crippen molar-refractivity contribution in [3.63, 3.8) is 0 Å². The molecule has 5 nitrogen and oxygen atoms in total. The molecule has 6 heteroatoms. The van der Waals surface area contributed by atoms with E-state index in [2.05, 4.69) is 27.4 Å². The molecule has 2 aromatic rings. The van der Waals surface area contributed by atoms with Crippen molar-refractivity contribution < 1.29 is 4.79 Å². The second-order valence-electron chi connectivity index (χ2n) is 4.56. The number of aromatic amines is 1. The number of rotatable bonds is 6. The molecule has 0 saturated heterocycles. The summed E-state index contributed by atoms with van der Waals surface area (Å²) in [5.74, 6) is 0.774. The highest BCUT2D eigenvalue weighted by Gasteiger charge is 2.08. The molecule has 0 spiro atoms. The molecule has 0 fully saturated rings. The lowest BCUT2D eigenvalue weighted by Crippen LogP contribution is -2.31. The third kappa shape index (κ3) is 4.09. The Balaban J connectivity index is 1.90. The topological polar surface area (TPSA) is 70.7 Å². The Hall–Kier alpha value is -1.82. The molecule has 20 heavy (non-hydrogen) atoms. The molecule has 1 aromatic heterocycles. The van der Waals surface area contributed by atoms with Gasteiger partial charge in [0, 0.05) is 17.4 Å². The Kier molecular flexibility index (Phi) is 5.17. The number of carbonyl (C=O) groups is 1. The molecule has 0 radical (unpaired) electrons. The summed E-state index contributed by atoms with van der Waals surface area (Å²) in [6, 6.07) is 7.84. The third-order valence-electron chi connectivity index (χ3n) is 2.97. The molecule has 1 amide bonds. The van der Waals surface area contributed by atoms with Crippen LogP contribution in [0.4, 0.5) is 0 Å². The second kappa shape index (κ2) is 7.09. The number of aromatic nitrogens is 3. The molecule has 0 bridgehead atoms. The molecule has 1 heterocycles. The van der Waals surface area contributed by atoms with E-state index in [0.717, 1.165) is 22.9 Å². The predicted molar refractivity (Wildman–Crippen MR) is 79.6 cm³/mol. The lowest BCUT2D eigenvalue weighted by atomic mass is 10.1. The summed E-state index contributed by atoms with van der Waals surface area (Å²) in [5.41, 5.74) is 1.84. The first-order valence-electron chi connectivity index (χ1n) is 6.57. The minimum absolute atomic E-state index is 0.0196. The van der Waals surface area contributed by atoms with Crippen molar-refractivity contribution in [3.05, 3.63) is 41.7 Å². The van der Waals surface area contributed by atoms with Gasteiger partial charge in [-0.3, -0.25) is 9.89 Å². The first-order chi connectivity index (χ1) is 9.69. The second-order valence-corrected chi connectivity index (χ2v) is 5.52. The van der Waals surface area contributed by atoms with Gasteiger partial charge in [0.2, 0.25) is 0 Å². The highest BCUT2D eigenvalue weighted by atomic mass is 32.2. The smallest absolute Gasteiger partial charge is 0.251 e. The van der Waals surface area contributed by atoms with E-state index < -0.39 is 0 Å². The van der Waals surface area contributed by atoms with Crippen molar-refractivity contribution in [1.29, 1.82) is 0 Å². The van der Waals surface area contributed by atoms with Crippen molar-refractivity contribution in [3.8, 4) is 0 Å². The van der Waals surface area contributed by atoms with Gasteiger partial charge in [0.25, 0.3) is 5.91 Å². The van der Waals surface area contributed by atoms with Gasteiger partial charge < -0.3 is 5.32 Å². The van der Waals surface area contributed by atoms with Crippen LogP contribution in [0.15, 0.2) is 35.7 Å². The maximum Gasteiger partial charge on any atom is 0.251 e. The van der Waals surface area contributed by atoms with Crippen LogP contribution < -0.4 is 5.32 Å². The standard InChI is InChI=1S/C14H18N4OS/c1-3-10(2)17-13(19)12-6-4-11(5-7-12)8-20-14-15-9-16-18-14/h4-7,9-10H,3,8H2,1-2H3,(H,17,19)(H,15,16,18). The van der Waals surface area contributed by atoms with Gasteiger partial charge in [-0.25, -0.2) is 4.98 Å². The van der Waals surface area contributed by atoms with E-state index in [1.165, 1.54) is 6.33 Å². The summed E-state index contributed by atoms with van der Waals surface area (Å²) in [7, 11) is 0. The Morgan fingerprint density at radius 1 is 1.40 bits per heavy atom. The molecule has 1 unspecified atom stereocenters. The Morgan fingerprint density at radius 2 is 2.15 bits per heavy atom. The molecule has 2 N–H and O–H groups in total. The third-order valence-corrected chi connectivity index (χ3v) is 3.92. The number of H-pyrrole nitrogens is 1. The quantitative estimate of drug-likeness (QED) is 0.802. The summed E-state index contributed by atoms with van der Waals surface area (Å²) in [6.45, 7) is 4.05. The molecule has 0 aliphatic carbocycles. The first-order valence-corrected chi connectivity index (χ1v) is 7.55. The van der Waals surface area contributed by atoms with Gasteiger partial charge in [-0.15, -0.1) is 0 Å². The highest BCUT2D eigenvalue weighted by molar-refractivity contribution is 7.98. The van der Waals surface area contributed by atoms with Crippen molar-refractivity contribution in [2.75, 3.05) is 0 Å². The number of nitrogens with zero attached hydrogens (tertiary/aromatic N) is 2. The number of hydrogen-bond donors (Lipinski definition) is 2. The molecule has 2 rings (SSSR count). The van der Waals surface area contributed by atoms with Crippen molar-refractivity contribution in [1.82, 2.24) is 20.5 Å². The van der Waals surface area contributed by atoms with Crippen LogP contribution in [0.1, 0.15) is 36.2 Å². The largest absolute Gasteiger partial charge is 0.350 e. The lowest BCUT2D eigenvalue weighted by Gasteiger charge is -2.11. The van der Waals surface area contributed by atoms with Gasteiger partial charge in [-0.05, 0) is 31.0 Å². The molecule has 0 aliphatic heterocycles. The van der Waals surface area contributed by atoms with E-state index in [1.807, 2.05) is 31.2 Å². The number of thioether (sulfide) groups is 1. The predicted octanol–water partition coefficient (Wildman–Crippen LogP) is 2.63. The normalized spacial score (nSPS) is 12.1. The number of benzene rings is 1. The SMILES string of the molecule is CCC(C)NC(=O)c1ccc(CSc2ncn[nH]2)cc1. The van der Waals surface area contributed by atoms with E-state index in [4.69, 9.17) is 0 Å². The first kappa shape index (κ1) is 14.6. The summed E-state index contributed by atoms with van der Waals surface area (Å²) in [6.07, 6.45) is 2.42. The van der Waals surface area contributed by atoms with Gasteiger partial charge in [0.05, 0.1) is 0 Å². The minimum atomic E-state index is -0.0196. The Bertz CT molecular complexity index is 539. The average molecular weight is 290 g/mol. The van der Waals surface area contributed by atoms with Crippen LogP contribution in [0, 0.1) is 0 Å². The zero-order chi connectivity index (χ0) is 14.4. The van der Waals surface area contributed by atoms with Crippen LogP contribution in [0.5, 0.6) is 0 Å². The Morgan fingerprint density at radius 3 is 2.75 bits per heavy atom. The molecule has 1 atom stereocenters. The minimum Gasteiger partial charge on any atom is -0.350 e. The van der Waals surface area contributed by atoms with Crippen LogP contribution in [-0.2, 0) is 5.75 Å². The lowest BCUT2D eigenvalue weighted by molar-refractivity contribution is 0.0939. The zero-order valence-corrected chi connectivity index (χ0v) is 12.4. The van der Waals surface area contributed by atoms with E-state index >= 15 is 0 Å². The van der Waals surface area contributed by atoms with Crippen LogP contribution >= 0.6 is 11.8 Å². The van der Waals surface area contributed by atoms with Crippen molar-refractivity contribution >= 4 is 17.7 Å². The molecular weight excluding hydrogens is 272 g/mol. The van der Waals surface area contributed by atoms with Gasteiger partial charge in [-0.2, -0.15) is 5.10 Å². The van der Waals surface area contributed by atoms with E-state index in [9.17, 15) is 4.79 Å². The highest BCUT2D eigenvalue weighted by Crippen LogP contribution is 2.18. The van der Waals surface area contributed by atoms with E-state index in [0.29, 0.717) is 5.56 Å². The van der Waals surface area contributed by atoms with Crippen molar-refractivity contribution in [2.24, 2.45) is 0 Å². The summed E-state index contributed by atoms with van der Waals surface area (Å²) < 4.78 is 0. The molecule has 106 valence electrons. The fourth-order valence-corrected chi connectivity index (χ4v) is 2.31. The van der Waals surface area contributed by atoms with E-state index in [-0.39, 0.29) is 11.9 Å². The number of hydrogen-bond acceptors (Lipinski definition) is 4. The average Bonchev–Trinajstić information content (AvgIpc) is 2.98. The molecular formula is C14H18N4OS. The summed E-state index contributed by atoms with van der Waals surface area (Å²) >= 11 is 1.58. The zero-order valence-electron chi connectivity index (χ0n) is 11.6. The summed E-state index contributed by atoms with van der Waals surface area (Å²) in [4.78, 5) is 16.0. The number of carbonyl (C=O) groups excluding carboxylic acids is 1. The van der Waals surface area contributed by atoms with Crippen LogP contribution in [-0.4, -0.2) is 27.1 Å². The monoisotopic (exact) mass is 290 g/mol. The maximum absolute atomic E-state index is 11.9. The Labute approximate surface area is 122 Å². The van der Waals surface area contributed by atoms with Gasteiger partial charge in [0.15, 0.2) is 5.16 Å². The maximum atomic E-state index is 11.9. The fraction of sp³-hybridized carbons (Fsp3) is 0.357. The van der Waals surface area contributed by atoms with Gasteiger partial charge in [-0.1, -0.05) is 30.8 Å².